The number of hydrogen-bond acceptors (Lipinski definition) is 4. The smallest absolute Gasteiger partial charge is 0.203 e. The van der Waals surface area contributed by atoms with E-state index in [9.17, 15) is 0 Å². The van der Waals surface area contributed by atoms with Crippen molar-refractivity contribution in [2.75, 3.05) is 26.1 Å². The minimum atomic E-state index is 0.308. The molecule has 1 fully saturated rings. The molecule has 1 aliphatic carbocycles. The van der Waals surface area contributed by atoms with E-state index in [2.05, 4.69) is 14.9 Å². The van der Waals surface area contributed by atoms with Gasteiger partial charge in [-0.15, -0.1) is 0 Å². The molecule has 2 rings (SSSR count). The molecule has 2 atom stereocenters. The summed E-state index contributed by atoms with van der Waals surface area (Å²) in [7, 11) is 3.49. The van der Waals surface area contributed by atoms with Gasteiger partial charge in [-0.3, -0.25) is 0 Å². The molecule has 1 heterocycles. The fraction of sp³-hybridized carbons (Fsp3) is 0.750. The summed E-state index contributed by atoms with van der Waals surface area (Å²) in [5, 5.41) is 3.47. The van der Waals surface area contributed by atoms with Crippen LogP contribution in [0.25, 0.3) is 0 Å². The number of nitrogens with zero attached hydrogens (tertiary/aromatic N) is 2. The van der Waals surface area contributed by atoms with Gasteiger partial charge < -0.3 is 19.4 Å². The zero-order chi connectivity index (χ0) is 12.1. The zero-order valence-corrected chi connectivity index (χ0v) is 10.6. The molecule has 1 aliphatic rings. The van der Waals surface area contributed by atoms with Crippen molar-refractivity contribution in [2.45, 2.75) is 38.0 Å². The number of rotatable bonds is 6. The Morgan fingerprint density at radius 1 is 1.47 bits per heavy atom. The standard InChI is InChI=1S/C12H21N3O2/c1-16-9-8-15-7-6-13-12(15)14-10-4-3-5-11(10)17-2/h6-7,10-11H,3-5,8-9H2,1-2H3,(H,13,14). The molecule has 0 spiro atoms. The third-order valence-corrected chi connectivity index (χ3v) is 3.32. The first-order chi connectivity index (χ1) is 8.35. The molecule has 2 unspecified atom stereocenters. The van der Waals surface area contributed by atoms with Crippen molar-refractivity contribution in [2.24, 2.45) is 0 Å². The van der Waals surface area contributed by atoms with Crippen LogP contribution in [0.5, 0.6) is 0 Å². The fourth-order valence-electron chi connectivity index (χ4n) is 2.36. The first kappa shape index (κ1) is 12.4. The Labute approximate surface area is 102 Å². The van der Waals surface area contributed by atoms with E-state index >= 15 is 0 Å². The highest BCUT2D eigenvalue weighted by atomic mass is 16.5. The lowest BCUT2D eigenvalue weighted by Gasteiger charge is -2.20. The second kappa shape index (κ2) is 6.02. The number of ether oxygens (including phenoxy) is 2. The summed E-state index contributed by atoms with van der Waals surface area (Å²) < 4.78 is 12.6. The second-order valence-corrected chi connectivity index (χ2v) is 4.39. The SMILES string of the molecule is COCCn1ccnc1NC1CCCC1OC. The fourth-order valence-corrected chi connectivity index (χ4v) is 2.36. The van der Waals surface area contributed by atoms with Crippen molar-refractivity contribution in [3.8, 4) is 0 Å². The molecule has 96 valence electrons. The number of aromatic nitrogens is 2. The van der Waals surface area contributed by atoms with Crippen LogP contribution >= 0.6 is 0 Å². The van der Waals surface area contributed by atoms with Gasteiger partial charge in [0.2, 0.25) is 5.95 Å². The molecule has 0 saturated heterocycles. The van der Waals surface area contributed by atoms with Crippen LogP contribution in [0.15, 0.2) is 12.4 Å². The van der Waals surface area contributed by atoms with Crippen molar-refractivity contribution >= 4 is 5.95 Å². The molecule has 0 radical (unpaired) electrons. The lowest BCUT2D eigenvalue weighted by Crippen LogP contribution is -2.31. The van der Waals surface area contributed by atoms with E-state index in [4.69, 9.17) is 9.47 Å². The molecule has 0 aromatic carbocycles. The van der Waals surface area contributed by atoms with Crippen LogP contribution < -0.4 is 5.32 Å². The van der Waals surface area contributed by atoms with Crippen LogP contribution in [-0.4, -0.2) is 42.5 Å². The monoisotopic (exact) mass is 239 g/mol. The maximum atomic E-state index is 5.47. The quantitative estimate of drug-likeness (QED) is 0.817. The van der Waals surface area contributed by atoms with Gasteiger partial charge in [0.15, 0.2) is 0 Å². The van der Waals surface area contributed by atoms with E-state index in [1.165, 1.54) is 6.42 Å². The number of hydrogen-bond donors (Lipinski definition) is 1. The predicted octanol–water partition coefficient (Wildman–Crippen LogP) is 1.51. The van der Waals surface area contributed by atoms with Crippen LogP contribution in [0.2, 0.25) is 0 Å². The Kier molecular flexibility index (Phi) is 4.39. The lowest BCUT2D eigenvalue weighted by atomic mass is 10.2. The van der Waals surface area contributed by atoms with Gasteiger partial charge in [0.05, 0.1) is 18.8 Å². The largest absolute Gasteiger partial charge is 0.383 e. The summed E-state index contributed by atoms with van der Waals surface area (Å²) in [5.41, 5.74) is 0. The number of nitrogens with one attached hydrogen (secondary N) is 1. The summed E-state index contributed by atoms with van der Waals surface area (Å²) >= 11 is 0. The molecule has 17 heavy (non-hydrogen) atoms. The Bertz CT molecular complexity index is 340. The van der Waals surface area contributed by atoms with E-state index in [-0.39, 0.29) is 0 Å². The third kappa shape index (κ3) is 2.98. The normalized spacial score (nSPS) is 24.1. The summed E-state index contributed by atoms with van der Waals surface area (Å²) in [6.07, 6.45) is 7.59. The van der Waals surface area contributed by atoms with Crippen LogP contribution in [-0.2, 0) is 16.0 Å². The molecule has 5 nitrogen and oxygen atoms in total. The molecule has 5 heteroatoms. The molecule has 1 N–H and O–H groups in total. The zero-order valence-electron chi connectivity index (χ0n) is 10.6. The Hall–Kier alpha value is -1.07. The number of methoxy groups -OCH3 is 2. The summed E-state index contributed by atoms with van der Waals surface area (Å²) in [5.74, 6) is 0.913. The summed E-state index contributed by atoms with van der Waals surface area (Å²) in [6, 6.07) is 0.378. The average Bonchev–Trinajstić information content (AvgIpc) is 2.96. The maximum absolute atomic E-state index is 5.47. The molecule has 0 aliphatic heterocycles. The summed E-state index contributed by atoms with van der Waals surface area (Å²) in [6.45, 7) is 1.52. The Morgan fingerprint density at radius 3 is 3.12 bits per heavy atom. The first-order valence-electron chi connectivity index (χ1n) is 6.14. The Morgan fingerprint density at radius 2 is 2.35 bits per heavy atom. The van der Waals surface area contributed by atoms with Crippen molar-refractivity contribution in [1.82, 2.24) is 9.55 Å². The highest BCUT2D eigenvalue weighted by Crippen LogP contribution is 2.24. The molecule has 1 aromatic heterocycles. The minimum Gasteiger partial charge on any atom is -0.383 e. The van der Waals surface area contributed by atoms with Crippen LogP contribution in [0.1, 0.15) is 19.3 Å². The van der Waals surface area contributed by atoms with Crippen molar-refractivity contribution < 1.29 is 9.47 Å². The molecular formula is C12H21N3O2. The average molecular weight is 239 g/mol. The van der Waals surface area contributed by atoms with Crippen molar-refractivity contribution in [3.05, 3.63) is 12.4 Å². The predicted molar refractivity (Wildman–Crippen MR) is 66.2 cm³/mol. The van der Waals surface area contributed by atoms with E-state index in [1.54, 1.807) is 14.2 Å². The van der Waals surface area contributed by atoms with Gasteiger partial charge in [-0.25, -0.2) is 4.98 Å². The molecule has 0 amide bonds. The van der Waals surface area contributed by atoms with Crippen molar-refractivity contribution in [3.63, 3.8) is 0 Å². The van der Waals surface area contributed by atoms with E-state index in [0.717, 1.165) is 25.3 Å². The van der Waals surface area contributed by atoms with E-state index < -0.39 is 0 Å². The minimum absolute atomic E-state index is 0.308. The van der Waals surface area contributed by atoms with Gasteiger partial charge in [-0.2, -0.15) is 0 Å². The topological polar surface area (TPSA) is 48.3 Å². The van der Waals surface area contributed by atoms with E-state index in [0.29, 0.717) is 18.8 Å². The lowest BCUT2D eigenvalue weighted by molar-refractivity contribution is 0.100. The number of anilines is 1. The van der Waals surface area contributed by atoms with Gasteiger partial charge >= 0.3 is 0 Å². The van der Waals surface area contributed by atoms with Crippen LogP contribution in [0.3, 0.4) is 0 Å². The van der Waals surface area contributed by atoms with Crippen molar-refractivity contribution in [1.29, 1.82) is 0 Å². The van der Waals surface area contributed by atoms with Gasteiger partial charge in [0, 0.05) is 33.2 Å². The highest BCUT2D eigenvalue weighted by Gasteiger charge is 2.27. The maximum Gasteiger partial charge on any atom is 0.203 e. The first-order valence-corrected chi connectivity index (χ1v) is 6.14. The van der Waals surface area contributed by atoms with Crippen LogP contribution in [0.4, 0.5) is 5.95 Å². The molecule has 0 bridgehead atoms. The highest BCUT2D eigenvalue weighted by molar-refractivity contribution is 5.28. The summed E-state index contributed by atoms with van der Waals surface area (Å²) in [4.78, 5) is 4.34. The number of imidazole rings is 1. The van der Waals surface area contributed by atoms with Gasteiger partial charge in [0.1, 0.15) is 0 Å². The third-order valence-electron chi connectivity index (χ3n) is 3.32. The van der Waals surface area contributed by atoms with Crippen LogP contribution in [0, 0.1) is 0 Å². The molecular weight excluding hydrogens is 218 g/mol. The van der Waals surface area contributed by atoms with Gasteiger partial charge in [0.25, 0.3) is 0 Å². The van der Waals surface area contributed by atoms with E-state index in [1.807, 2.05) is 12.4 Å². The molecule has 1 saturated carbocycles. The van der Waals surface area contributed by atoms with Gasteiger partial charge in [-0.05, 0) is 19.3 Å². The molecule has 1 aromatic rings. The second-order valence-electron chi connectivity index (χ2n) is 4.39. The van der Waals surface area contributed by atoms with Gasteiger partial charge in [-0.1, -0.05) is 0 Å². The Balaban J connectivity index is 1.95.